The van der Waals surface area contributed by atoms with Gasteiger partial charge >= 0.3 is 0 Å². The number of Topliss-reactive ketones (excluding diaryl/α,β-unsaturated/α-hetero) is 1. The van der Waals surface area contributed by atoms with E-state index in [1.807, 2.05) is 41.8 Å². The first-order valence-corrected chi connectivity index (χ1v) is 7.72. The molecule has 0 saturated carbocycles. The van der Waals surface area contributed by atoms with E-state index in [9.17, 15) is 4.79 Å². The number of anilines is 1. The van der Waals surface area contributed by atoms with Gasteiger partial charge in [-0.15, -0.1) is 11.3 Å². The molecule has 1 aromatic carbocycles. The molecule has 1 heterocycles. The summed E-state index contributed by atoms with van der Waals surface area (Å²) in [7, 11) is 0. The Morgan fingerprint density at radius 3 is 2.59 bits per heavy atom. The molecule has 0 aliphatic heterocycles. The highest BCUT2D eigenvalue weighted by Crippen LogP contribution is 2.25. The molecule has 0 amide bonds. The minimum Gasteiger partial charge on any atom is -0.337 e. The minimum absolute atomic E-state index is 0.101. The molecule has 0 unspecified atom stereocenters. The number of nitriles is 1. The van der Waals surface area contributed by atoms with Crippen molar-refractivity contribution in [1.29, 1.82) is 5.26 Å². The summed E-state index contributed by atoms with van der Waals surface area (Å²) in [5.41, 5.74) is 1.41. The minimum atomic E-state index is -0.582. The first-order valence-electron chi connectivity index (χ1n) is 6.84. The van der Waals surface area contributed by atoms with Crippen molar-refractivity contribution in [3.63, 3.8) is 0 Å². The zero-order chi connectivity index (χ0) is 16.2. The number of ketones is 1. The van der Waals surface area contributed by atoms with E-state index in [0.717, 1.165) is 11.3 Å². The van der Waals surface area contributed by atoms with Gasteiger partial charge in [0.1, 0.15) is 11.6 Å². The molecule has 1 aromatic heterocycles. The van der Waals surface area contributed by atoms with Crippen LogP contribution in [0.1, 0.15) is 20.8 Å². The third kappa shape index (κ3) is 3.80. The molecule has 4 nitrogen and oxygen atoms in total. The van der Waals surface area contributed by atoms with Crippen LogP contribution in [0.2, 0.25) is 0 Å². The van der Waals surface area contributed by atoms with E-state index in [1.54, 1.807) is 20.8 Å². The van der Waals surface area contributed by atoms with Crippen LogP contribution in [0, 0.1) is 16.7 Å². The third-order valence-corrected chi connectivity index (χ3v) is 3.73. The Morgan fingerprint density at radius 2 is 2.00 bits per heavy atom. The summed E-state index contributed by atoms with van der Waals surface area (Å²) in [5, 5.41) is 14.6. The van der Waals surface area contributed by atoms with Crippen molar-refractivity contribution < 1.29 is 4.79 Å². The lowest BCUT2D eigenvalue weighted by molar-refractivity contribution is -0.122. The lowest BCUT2D eigenvalue weighted by Gasteiger charge is -2.15. The summed E-state index contributed by atoms with van der Waals surface area (Å²) >= 11 is 1.43. The Bertz CT molecular complexity index is 733. The number of benzene rings is 1. The molecular formula is C17H17N3OS. The number of thiazole rings is 1. The number of rotatable bonds is 4. The maximum absolute atomic E-state index is 12.1. The predicted molar refractivity (Wildman–Crippen MR) is 89.3 cm³/mol. The van der Waals surface area contributed by atoms with Crippen LogP contribution in [0.4, 0.5) is 5.13 Å². The van der Waals surface area contributed by atoms with Crippen LogP contribution in [-0.2, 0) is 4.79 Å². The number of nitrogens with one attached hydrogen (secondary N) is 1. The molecule has 0 bridgehead atoms. The SMILES string of the molecule is CC(C)(C)C(=O)/C(C#N)=C\Nc1nc(-c2ccccc2)cs1. The van der Waals surface area contributed by atoms with E-state index < -0.39 is 5.41 Å². The number of aromatic nitrogens is 1. The molecule has 0 aliphatic carbocycles. The molecule has 2 aromatic rings. The Balaban J connectivity index is 2.15. The molecule has 0 aliphatic rings. The van der Waals surface area contributed by atoms with Gasteiger partial charge in [0.05, 0.1) is 5.69 Å². The van der Waals surface area contributed by atoms with Crippen molar-refractivity contribution in [1.82, 2.24) is 4.98 Å². The second-order valence-electron chi connectivity index (χ2n) is 5.80. The van der Waals surface area contributed by atoms with Gasteiger partial charge < -0.3 is 5.32 Å². The maximum Gasteiger partial charge on any atom is 0.187 e. The van der Waals surface area contributed by atoms with Crippen molar-refractivity contribution >= 4 is 22.3 Å². The van der Waals surface area contributed by atoms with E-state index in [-0.39, 0.29) is 11.4 Å². The van der Waals surface area contributed by atoms with Crippen LogP contribution < -0.4 is 5.32 Å². The van der Waals surface area contributed by atoms with Gasteiger partial charge in [0, 0.05) is 22.6 Å². The molecule has 22 heavy (non-hydrogen) atoms. The Kier molecular flexibility index (Phi) is 4.74. The lowest BCUT2D eigenvalue weighted by Crippen LogP contribution is -2.22. The van der Waals surface area contributed by atoms with Gasteiger partial charge in [-0.1, -0.05) is 51.1 Å². The molecule has 0 radical (unpaired) electrons. The van der Waals surface area contributed by atoms with Crippen molar-refractivity contribution in [2.24, 2.45) is 5.41 Å². The Labute approximate surface area is 134 Å². The van der Waals surface area contributed by atoms with Crippen molar-refractivity contribution in [2.75, 3.05) is 5.32 Å². The fraction of sp³-hybridized carbons (Fsp3) is 0.235. The topological polar surface area (TPSA) is 65.8 Å². The number of allylic oxidation sites excluding steroid dienone is 1. The molecule has 2 rings (SSSR count). The van der Waals surface area contributed by atoms with Crippen LogP contribution >= 0.6 is 11.3 Å². The van der Waals surface area contributed by atoms with E-state index in [4.69, 9.17) is 5.26 Å². The summed E-state index contributed by atoms with van der Waals surface area (Å²) < 4.78 is 0. The third-order valence-electron chi connectivity index (χ3n) is 2.96. The van der Waals surface area contributed by atoms with Gasteiger partial charge in [0.25, 0.3) is 0 Å². The summed E-state index contributed by atoms with van der Waals surface area (Å²) in [6.07, 6.45) is 1.43. The van der Waals surface area contributed by atoms with Crippen molar-refractivity contribution in [3.8, 4) is 17.3 Å². The zero-order valence-corrected chi connectivity index (χ0v) is 13.6. The highest BCUT2D eigenvalue weighted by atomic mass is 32.1. The quantitative estimate of drug-likeness (QED) is 0.677. The van der Waals surface area contributed by atoms with Crippen LogP contribution in [0.25, 0.3) is 11.3 Å². The second kappa shape index (κ2) is 6.54. The van der Waals surface area contributed by atoms with Gasteiger partial charge in [0.15, 0.2) is 10.9 Å². The van der Waals surface area contributed by atoms with Gasteiger partial charge in [-0.3, -0.25) is 4.79 Å². The van der Waals surface area contributed by atoms with Gasteiger partial charge in [-0.25, -0.2) is 4.98 Å². The molecular weight excluding hydrogens is 294 g/mol. The number of nitrogens with zero attached hydrogens (tertiary/aromatic N) is 2. The number of carbonyl (C=O) groups is 1. The van der Waals surface area contributed by atoms with Gasteiger partial charge in [-0.05, 0) is 0 Å². The second-order valence-corrected chi connectivity index (χ2v) is 6.66. The first kappa shape index (κ1) is 15.9. The standard InChI is InChI=1S/C17H17N3OS/c1-17(2,3)15(21)13(9-18)10-19-16-20-14(11-22-16)12-7-5-4-6-8-12/h4-8,10-11H,1-3H3,(H,19,20)/b13-10-. The monoisotopic (exact) mass is 311 g/mol. The van der Waals surface area contributed by atoms with E-state index in [0.29, 0.717) is 5.13 Å². The predicted octanol–water partition coefficient (Wildman–Crippen LogP) is 4.24. The number of hydrogen-bond donors (Lipinski definition) is 1. The Morgan fingerprint density at radius 1 is 1.32 bits per heavy atom. The molecule has 0 fully saturated rings. The molecule has 0 saturated heterocycles. The highest BCUT2D eigenvalue weighted by molar-refractivity contribution is 7.14. The smallest absolute Gasteiger partial charge is 0.187 e. The molecule has 1 N–H and O–H groups in total. The van der Waals surface area contributed by atoms with Crippen LogP contribution in [-0.4, -0.2) is 10.8 Å². The number of hydrogen-bond acceptors (Lipinski definition) is 5. The Hall–Kier alpha value is -2.45. The van der Waals surface area contributed by atoms with Crippen LogP contribution in [0.5, 0.6) is 0 Å². The summed E-state index contributed by atoms with van der Waals surface area (Å²) in [6.45, 7) is 5.37. The fourth-order valence-electron chi connectivity index (χ4n) is 1.77. The van der Waals surface area contributed by atoms with Gasteiger partial charge in [0.2, 0.25) is 0 Å². The van der Waals surface area contributed by atoms with E-state index >= 15 is 0 Å². The largest absolute Gasteiger partial charge is 0.337 e. The fourth-order valence-corrected chi connectivity index (χ4v) is 2.46. The normalized spacial score (nSPS) is 11.8. The van der Waals surface area contributed by atoms with E-state index in [1.165, 1.54) is 17.5 Å². The zero-order valence-electron chi connectivity index (χ0n) is 12.8. The molecule has 112 valence electrons. The van der Waals surface area contributed by atoms with Gasteiger partial charge in [-0.2, -0.15) is 5.26 Å². The first-order chi connectivity index (χ1) is 10.4. The average Bonchev–Trinajstić information content (AvgIpc) is 2.96. The summed E-state index contributed by atoms with van der Waals surface area (Å²) in [6, 6.07) is 11.8. The van der Waals surface area contributed by atoms with Crippen LogP contribution in [0.15, 0.2) is 47.5 Å². The van der Waals surface area contributed by atoms with Crippen LogP contribution in [0.3, 0.4) is 0 Å². The molecule has 5 heteroatoms. The lowest BCUT2D eigenvalue weighted by atomic mass is 9.87. The highest BCUT2D eigenvalue weighted by Gasteiger charge is 2.25. The molecule has 0 spiro atoms. The summed E-state index contributed by atoms with van der Waals surface area (Å²) in [4.78, 5) is 16.5. The number of carbonyl (C=O) groups excluding carboxylic acids is 1. The average molecular weight is 311 g/mol. The van der Waals surface area contributed by atoms with Crippen molar-refractivity contribution in [3.05, 3.63) is 47.5 Å². The summed E-state index contributed by atoms with van der Waals surface area (Å²) in [5.74, 6) is -0.192. The molecule has 0 atom stereocenters. The van der Waals surface area contributed by atoms with E-state index in [2.05, 4.69) is 10.3 Å². The maximum atomic E-state index is 12.1. The van der Waals surface area contributed by atoms with Crippen molar-refractivity contribution in [2.45, 2.75) is 20.8 Å².